The first-order valence-electron chi connectivity index (χ1n) is 6.67. The van der Waals surface area contributed by atoms with Crippen molar-refractivity contribution in [2.24, 2.45) is 5.92 Å². The van der Waals surface area contributed by atoms with Crippen LogP contribution in [0.2, 0.25) is 0 Å². The van der Waals surface area contributed by atoms with Crippen molar-refractivity contribution in [2.45, 2.75) is 52.9 Å². The van der Waals surface area contributed by atoms with Gasteiger partial charge in [0.1, 0.15) is 5.82 Å². The first kappa shape index (κ1) is 14.0. The molecule has 1 heterocycles. The van der Waals surface area contributed by atoms with Crippen molar-refractivity contribution in [3.63, 3.8) is 0 Å². The summed E-state index contributed by atoms with van der Waals surface area (Å²) in [6.45, 7) is 12.1. The number of rotatable bonds is 5. The van der Waals surface area contributed by atoms with E-state index >= 15 is 0 Å². The van der Waals surface area contributed by atoms with Crippen molar-refractivity contribution >= 4 is 5.82 Å². The minimum atomic E-state index is 0.181. The third-order valence-corrected chi connectivity index (χ3v) is 3.36. The lowest BCUT2D eigenvalue weighted by Gasteiger charge is -2.19. The second-order valence-corrected chi connectivity index (χ2v) is 5.75. The van der Waals surface area contributed by atoms with E-state index in [1.165, 1.54) is 18.4 Å². The lowest BCUT2D eigenvalue weighted by molar-refractivity contribution is 0.518. The van der Waals surface area contributed by atoms with E-state index in [1.807, 2.05) is 6.20 Å². The molecule has 2 heteroatoms. The fraction of sp³-hybridized carbons (Fsp3) is 0.667. The molecule has 0 radical (unpaired) electrons. The monoisotopic (exact) mass is 234 g/mol. The average Bonchev–Trinajstić information content (AvgIpc) is 2.30. The van der Waals surface area contributed by atoms with E-state index in [0.29, 0.717) is 0 Å². The summed E-state index contributed by atoms with van der Waals surface area (Å²) < 4.78 is 0. The zero-order chi connectivity index (χ0) is 12.9. The molecule has 0 aliphatic heterocycles. The number of hydrogen-bond donors (Lipinski definition) is 1. The van der Waals surface area contributed by atoms with Gasteiger partial charge in [0.25, 0.3) is 0 Å². The van der Waals surface area contributed by atoms with Crippen LogP contribution >= 0.6 is 0 Å². The highest BCUT2D eigenvalue weighted by atomic mass is 15.0. The summed E-state index contributed by atoms with van der Waals surface area (Å²) in [5, 5.41) is 3.41. The van der Waals surface area contributed by atoms with E-state index in [2.05, 4.69) is 57.1 Å². The zero-order valence-corrected chi connectivity index (χ0v) is 11.9. The van der Waals surface area contributed by atoms with Gasteiger partial charge in [0.15, 0.2) is 0 Å². The molecule has 1 aromatic heterocycles. The lowest BCUT2D eigenvalue weighted by atomic mass is 9.88. The van der Waals surface area contributed by atoms with E-state index < -0.39 is 0 Å². The van der Waals surface area contributed by atoms with Gasteiger partial charge in [-0.1, -0.05) is 53.5 Å². The van der Waals surface area contributed by atoms with Crippen molar-refractivity contribution in [3.8, 4) is 0 Å². The Morgan fingerprint density at radius 1 is 1.18 bits per heavy atom. The Morgan fingerprint density at radius 2 is 1.82 bits per heavy atom. The van der Waals surface area contributed by atoms with Gasteiger partial charge >= 0.3 is 0 Å². The van der Waals surface area contributed by atoms with Gasteiger partial charge in [-0.05, 0) is 23.0 Å². The molecule has 1 N–H and O–H groups in total. The fourth-order valence-electron chi connectivity index (χ4n) is 1.77. The van der Waals surface area contributed by atoms with E-state index in [0.717, 1.165) is 18.3 Å². The van der Waals surface area contributed by atoms with Gasteiger partial charge < -0.3 is 5.32 Å². The number of pyridine rings is 1. The summed E-state index contributed by atoms with van der Waals surface area (Å²) in [5.74, 6) is 1.74. The number of hydrogen-bond acceptors (Lipinski definition) is 2. The quantitative estimate of drug-likeness (QED) is 0.824. The summed E-state index contributed by atoms with van der Waals surface area (Å²) in [5.41, 5.74) is 1.46. The standard InChI is InChI=1S/C15H26N2/c1-6-12(7-2)10-16-14-9-8-13(11-17-14)15(3,4)5/h8-9,11-12H,6-7,10H2,1-5H3,(H,16,17). The predicted octanol–water partition coefficient (Wildman–Crippen LogP) is 4.23. The molecule has 0 aromatic carbocycles. The molecule has 0 bridgehead atoms. The summed E-state index contributed by atoms with van der Waals surface area (Å²) in [4.78, 5) is 4.47. The zero-order valence-electron chi connectivity index (χ0n) is 11.9. The largest absolute Gasteiger partial charge is 0.370 e. The molecule has 0 fully saturated rings. The summed E-state index contributed by atoms with van der Waals surface area (Å²) in [6, 6.07) is 4.26. The van der Waals surface area contributed by atoms with E-state index in [1.54, 1.807) is 0 Å². The lowest BCUT2D eigenvalue weighted by Crippen LogP contribution is -2.15. The molecule has 0 aliphatic rings. The number of nitrogens with one attached hydrogen (secondary N) is 1. The van der Waals surface area contributed by atoms with Crippen molar-refractivity contribution in [3.05, 3.63) is 23.9 Å². The molecule has 0 unspecified atom stereocenters. The van der Waals surface area contributed by atoms with Gasteiger partial charge in [-0.3, -0.25) is 0 Å². The second-order valence-electron chi connectivity index (χ2n) is 5.75. The maximum atomic E-state index is 4.47. The number of anilines is 1. The van der Waals surface area contributed by atoms with E-state index in [4.69, 9.17) is 0 Å². The molecule has 0 saturated carbocycles. The highest BCUT2D eigenvalue weighted by Gasteiger charge is 2.13. The van der Waals surface area contributed by atoms with E-state index in [9.17, 15) is 0 Å². The number of nitrogens with zero attached hydrogens (tertiary/aromatic N) is 1. The highest BCUT2D eigenvalue weighted by Crippen LogP contribution is 2.22. The SMILES string of the molecule is CCC(CC)CNc1ccc(C(C)(C)C)cn1. The first-order chi connectivity index (χ1) is 7.97. The number of aromatic nitrogens is 1. The third kappa shape index (κ3) is 4.37. The van der Waals surface area contributed by atoms with Crippen LogP contribution in [0.3, 0.4) is 0 Å². The van der Waals surface area contributed by atoms with Crippen LogP contribution in [0, 0.1) is 5.92 Å². The fourth-order valence-corrected chi connectivity index (χ4v) is 1.77. The van der Waals surface area contributed by atoms with Crippen molar-refractivity contribution < 1.29 is 0 Å². The molecule has 0 atom stereocenters. The molecular formula is C15H26N2. The second kappa shape index (κ2) is 6.04. The molecule has 1 aromatic rings. The molecular weight excluding hydrogens is 208 g/mol. The Balaban J connectivity index is 2.57. The van der Waals surface area contributed by atoms with Crippen LogP contribution < -0.4 is 5.32 Å². The van der Waals surface area contributed by atoms with Crippen molar-refractivity contribution in [1.82, 2.24) is 4.98 Å². The summed E-state index contributed by atoms with van der Waals surface area (Å²) in [6.07, 6.45) is 4.43. The molecule has 96 valence electrons. The van der Waals surface area contributed by atoms with Crippen LogP contribution in [-0.2, 0) is 5.41 Å². The molecule has 0 spiro atoms. The van der Waals surface area contributed by atoms with E-state index in [-0.39, 0.29) is 5.41 Å². The minimum Gasteiger partial charge on any atom is -0.370 e. The van der Waals surface area contributed by atoms with Gasteiger partial charge in [-0.2, -0.15) is 0 Å². The van der Waals surface area contributed by atoms with Crippen LogP contribution in [0.25, 0.3) is 0 Å². The Morgan fingerprint density at radius 3 is 2.24 bits per heavy atom. The van der Waals surface area contributed by atoms with Crippen molar-refractivity contribution in [2.75, 3.05) is 11.9 Å². The Labute approximate surface area is 106 Å². The van der Waals surface area contributed by atoms with Gasteiger partial charge in [0.2, 0.25) is 0 Å². The Bertz CT molecular complexity index is 318. The highest BCUT2D eigenvalue weighted by molar-refractivity contribution is 5.37. The van der Waals surface area contributed by atoms with Crippen LogP contribution in [0.4, 0.5) is 5.82 Å². The van der Waals surface area contributed by atoms with Crippen LogP contribution in [-0.4, -0.2) is 11.5 Å². The molecule has 0 aliphatic carbocycles. The molecule has 2 nitrogen and oxygen atoms in total. The molecule has 17 heavy (non-hydrogen) atoms. The minimum absolute atomic E-state index is 0.181. The molecule has 1 rings (SSSR count). The van der Waals surface area contributed by atoms with Crippen molar-refractivity contribution in [1.29, 1.82) is 0 Å². The van der Waals surface area contributed by atoms with Crippen LogP contribution in [0.15, 0.2) is 18.3 Å². The maximum Gasteiger partial charge on any atom is 0.125 e. The van der Waals surface area contributed by atoms with Crippen LogP contribution in [0.1, 0.15) is 53.0 Å². The topological polar surface area (TPSA) is 24.9 Å². The van der Waals surface area contributed by atoms with Gasteiger partial charge in [0.05, 0.1) is 0 Å². The first-order valence-corrected chi connectivity index (χ1v) is 6.67. The smallest absolute Gasteiger partial charge is 0.125 e. The molecule has 0 amide bonds. The summed E-state index contributed by atoms with van der Waals surface area (Å²) in [7, 11) is 0. The van der Waals surface area contributed by atoms with Gasteiger partial charge in [0, 0.05) is 12.7 Å². The van der Waals surface area contributed by atoms with Gasteiger partial charge in [-0.15, -0.1) is 0 Å². The predicted molar refractivity (Wildman–Crippen MR) is 75.5 cm³/mol. The molecule has 0 saturated heterocycles. The maximum absolute atomic E-state index is 4.47. The van der Waals surface area contributed by atoms with Gasteiger partial charge in [-0.25, -0.2) is 4.98 Å². The van der Waals surface area contributed by atoms with Crippen LogP contribution in [0.5, 0.6) is 0 Å². The average molecular weight is 234 g/mol. The Kier molecular flexibility index (Phi) is 4.98. The normalized spacial score (nSPS) is 11.9. The summed E-state index contributed by atoms with van der Waals surface area (Å²) >= 11 is 0. The Hall–Kier alpha value is -1.05. The third-order valence-electron chi connectivity index (χ3n) is 3.36.